The Kier molecular flexibility index (Phi) is 2.18. The fraction of sp³-hybridized carbons (Fsp3) is 0.400. The van der Waals surface area contributed by atoms with Crippen molar-refractivity contribution in [1.82, 2.24) is 0 Å². The Balaban J connectivity index is 2.48. The van der Waals surface area contributed by atoms with E-state index in [0.717, 1.165) is 0 Å². The van der Waals surface area contributed by atoms with E-state index in [4.69, 9.17) is 0 Å². The smallest absolute Gasteiger partial charge is 0.0293 e. The normalized spacial score (nSPS) is 16.2. The third kappa shape index (κ3) is 1.20. The molecule has 1 atom stereocenters. The highest BCUT2D eigenvalue weighted by Gasteiger charge is 2.17. The monoisotopic (exact) mass is 242 g/mol. The molecule has 1 aliphatic carbocycles. The average molecular weight is 243 g/mol. The van der Waals surface area contributed by atoms with Crippen LogP contribution in [0.4, 0.5) is 0 Å². The third-order valence-corrected chi connectivity index (χ3v) is 5.40. The molecule has 0 saturated carbocycles. The predicted molar refractivity (Wildman–Crippen MR) is 59.8 cm³/mol. The van der Waals surface area contributed by atoms with Crippen molar-refractivity contribution in [3.8, 4) is 0 Å². The first-order chi connectivity index (χ1) is 5.72. The molecule has 0 amide bonds. The first-order valence-electron chi connectivity index (χ1n) is 4.25. The molecule has 0 spiro atoms. The minimum atomic E-state index is 0.0415. The molecule has 0 bridgehead atoms. The highest BCUT2D eigenvalue weighted by molar-refractivity contribution is 9.10. The van der Waals surface area contributed by atoms with Gasteiger partial charge >= 0.3 is 0 Å². The molecule has 1 aliphatic rings. The summed E-state index contributed by atoms with van der Waals surface area (Å²) in [6.45, 7) is 4.58. The molecular formula is C10H12BrP. The summed E-state index contributed by atoms with van der Waals surface area (Å²) < 4.78 is 1.33. The molecule has 0 radical (unpaired) electrons. The van der Waals surface area contributed by atoms with Crippen molar-refractivity contribution in [3.63, 3.8) is 0 Å². The van der Waals surface area contributed by atoms with Crippen molar-refractivity contribution in [2.24, 2.45) is 6.66 Å². The van der Waals surface area contributed by atoms with E-state index in [1.165, 1.54) is 22.9 Å². The molecule has 2 heteroatoms. The van der Waals surface area contributed by atoms with E-state index in [1.807, 2.05) is 0 Å². The second-order valence-corrected chi connectivity index (χ2v) is 6.16. The predicted octanol–water partition coefficient (Wildman–Crippen LogP) is 4.32. The lowest BCUT2D eigenvalue weighted by Crippen LogP contribution is -1.78. The molecule has 0 N–H and O–H groups in total. The van der Waals surface area contributed by atoms with Crippen LogP contribution < -0.4 is 0 Å². The van der Waals surface area contributed by atoms with Crippen LogP contribution in [0.3, 0.4) is 0 Å². The molecule has 12 heavy (non-hydrogen) atoms. The summed E-state index contributed by atoms with van der Waals surface area (Å²) in [5.74, 6) is 2.36. The van der Waals surface area contributed by atoms with Crippen molar-refractivity contribution in [1.29, 1.82) is 0 Å². The van der Waals surface area contributed by atoms with Gasteiger partial charge in [-0.1, -0.05) is 18.6 Å². The van der Waals surface area contributed by atoms with Gasteiger partial charge in [-0.2, -0.15) is 0 Å². The second-order valence-electron chi connectivity index (χ2n) is 3.28. The van der Waals surface area contributed by atoms with Gasteiger partial charge in [0.15, 0.2) is 0 Å². The first kappa shape index (κ1) is 8.59. The number of allylic oxidation sites excluding steroid dienone is 1. The zero-order valence-corrected chi connectivity index (χ0v) is 9.87. The van der Waals surface area contributed by atoms with Gasteiger partial charge in [-0.15, -0.1) is 7.53 Å². The highest BCUT2D eigenvalue weighted by Crippen LogP contribution is 2.46. The molecule has 1 heterocycles. The first-order valence-corrected chi connectivity index (χ1v) is 6.90. The van der Waals surface area contributed by atoms with Gasteiger partial charge in [0.1, 0.15) is 0 Å². The second kappa shape index (κ2) is 3.05. The Labute approximate surface area is 82.9 Å². The quantitative estimate of drug-likeness (QED) is 0.688. The van der Waals surface area contributed by atoms with Gasteiger partial charge in [0, 0.05) is 4.47 Å². The maximum absolute atomic E-state index is 3.62. The fourth-order valence-electron chi connectivity index (χ4n) is 1.71. The summed E-state index contributed by atoms with van der Waals surface area (Å²) in [7, 11) is 0.0415. The van der Waals surface area contributed by atoms with E-state index < -0.39 is 0 Å². The SMILES string of the molecule is CCC1=Cc2c(Br)cp(C)c2C1. The van der Waals surface area contributed by atoms with Gasteiger partial charge in [0.25, 0.3) is 0 Å². The van der Waals surface area contributed by atoms with Crippen molar-refractivity contribution in [3.05, 3.63) is 26.7 Å². The zero-order valence-electron chi connectivity index (χ0n) is 7.39. The maximum Gasteiger partial charge on any atom is 0.0293 e. The van der Waals surface area contributed by atoms with E-state index in [0.29, 0.717) is 0 Å². The lowest BCUT2D eigenvalue weighted by atomic mass is 10.2. The van der Waals surface area contributed by atoms with Crippen LogP contribution in [0.1, 0.15) is 24.2 Å². The van der Waals surface area contributed by atoms with Crippen LogP contribution in [0, 0.1) is 0 Å². The maximum atomic E-state index is 3.62. The van der Waals surface area contributed by atoms with Crippen LogP contribution in [0.25, 0.3) is 6.08 Å². The van der Waals surface area contributed by atoms with Crippen molar-refractivity contribution in [2.75, 3.05) is 0 Å². The minimum absolute atomic E-state index is 0.0415. The number of rotatable bonds is 1. The molecule has 0 aliphatic heterocycles. The van der Waals surface area contributed by atoms with Gasteiger partial charge in [0.05, 0.1) is 0 Å². The lowest BCUT2D eigenvalue weighted by molar-refractivity contribution is 1.05. The van der Waals surface area contributed by atoms with Crippen molar-refractivity contribution >= 4 is 29.5 Å². The van der Waals surface area contributed by atoms with E-state index in [2.05, 4.69) is 41.4 Å². The molecule has 0 fully saturated rings. The number of hydrogen-bond acceptors (Lipinski definition) is 0. The van der Waals surface area contributed by atoms with Crippen LogP contribution in [0.2, 0.25) is 0 Å². The molecule has 1 aromatic rings. The number of fused-ring (bicyclic) bond motifs is 1. The van der Waals surface area contributed by atoms with Gasteiger partial charge < -0.3 is 0 Å². The zero-order chi connectivity index (χ0) is 8.72. The van der Waals surface area contributed by atoms with Gasteiger partial charge in [-0.05, 0) is 52.1 Å². The van der Waals surface area contributed by atoms with Gasteiger partial charge in [-0.25, -0.2) is 0 Å². The Morgan fingerprint density at radius 2 is 2.33 bits per heavy atom. The average Bonchev–Trinajstić information content (AvgIpc) is 2.55. The van der Waals surface area contributed by atoms with E-state index >= 15 is 0 Å². The van der Waals surface area contributed by atoms with Crippen LogP contribution in [0.15, 0.2) is 15.8 Å². The van der Waals surface area contributed by atoms with Crippen LogP contribution >= 0.6 is 23.5 Å². The Bertz CT molecular complexity index is 347. The molecular weight excluding hydrogens is 231 g/mol. The molecule has 0 nitrogen and oxygen atoms in total. The summed E-state index contributed by atoms with van der Waals surface area (Å²) in [6, 6.07) is 0. The number of hydrogen-bond donors (Lipinski definition) is 0. The molecule has 2 rings (SSSR count). The molecule has 0 aromatic carbocycles. The molecule has 1 unspecified atom stereocenters. The number of halogens is 1. The summed E-state index contributed by atoms with van der Waals surface area (Å²) in [4.78, 5) is 0. The van der Waals surface area contributed by atoms with E-state index in [-0.39, 0.29) is 7.53 Å². The molecule has 1 aromatic heterocycles. The summed E-state index contributed by atoms with van der Waals surface area (Å²) in [5, 5.41) is 1.67. The lowest BCUT2D eigenvalue weighted by Gasteiger charge is -1.96. The van der Waals surface area contributed by atoms with Gasteiger partial charge in [-0.3, -0.25) is 0 Å². The standard InChI is InChI=1S/C10H12BrP/c1-3-7-4-8-9(11)6-12(2)10(8)5-7/h4,6H,3,5H2,1-2H3. The topological polar surface area (TPSA) is 0 Å². The third-order valence-electron chi connectivity index (χ3n) is 2.50. The molecule has 64 valence electrons. The highest BCUT2D eigenvalue weighted by atomic mass is 79.9. The summed E-state index contributed by atoms with van der Waals surface area (Å²) in [6.07, 6.45) is 4.80. The van der Waals surface area contributed by atoms with Crippen molar-refractivity contribution in [2.45, 2.75) is 19.8 Å². The van der Waals surface area contributed by atoms with Gasteiger partial charge in [0.2, 0.25) is 0 Å². The Hall–Kier alpha value is -0.0000000000000000555. The van der Waals surface area contributed by atoms with Crippen LogP contribution in [-0.2, 0) is 13.1 Å². The van der Waals surface area contributed by atoms with E-state index in [1.54, 1.807) is 10.9 Å². The minimum Gasteiger partial charge on any atom is -0.123 e. The Morgan fingerprint density at radius 1 is 1.58 bits per heavy atom. The van der Waals surface area contributed by atoms with E-state index in [9.17, 15) is 0 Å². The molecule has 0 saturated heterocycles. The largest absolute Gasteiger partial charge is 0.123 e. The van der Waals surface area contributed by atoms with Crippen LogP contribution in [-0.4, -0.2) is 0 Å². The number of aryl methyl sites for hydroxylation is 1. The van der Waals surface area contributed by atoms with Crippen LogP contribution in [0.5, 0.6) is 0 Å². The van der Waals surface area contributed by atoms with Crippen molar-refractivity contribution < 1.29 is 0 Å². The summed E-state index contributed by atoms with van der Waals surface area (Å²) in [5.41, 5.74) is 3.08. The fourth-order valence-corrected chi connectivity index (χ4v) is 4.80. The summed E-state index contributed by atoms with van der Waals surface area (Å²) >= 11 is 3.62. The Morgan fingerprint density at radius 3 is 2.92 bits per heavy atom.